The standard InChI is InChI=1S/C19H20N2O2/c1-14(2)23-13-17-5-3-16(4-6-17)12-21-19(22)18-9-7-15(11-20)8-10-18/h3-10,14H,12-13H2,1-2H3,(H,21,22). The van der Waals surface area contributed by atoms with Crippen molar-refractivity contribution in [2.75, 3.05) is 0 Å². The lowest BCUT2D eigenvalue weighted by molar-refractivity contribution is 0.0657. The number of hydrogen-bond acceptors (Lipinski definition) is 3. The summed E-state index contributed by atoms with van der Waals surface area (Å²) in [5.41, 5.74) is 3.23. The maximum absolute atomic E-state index is 12.0. The lowest BCUT2D eigenvalue weighted by Gasteiger charge is -2.09. The van der Waals surface area contributed by atoms with Crippen LogP contribution in [0.1, 0.15) is 40.9 Å². The molecule has 0 aliphatic carbocycles. The van der Waals surface area contributed by atoms with Crippen LogP contribution in [-0.2, 0) is 17.9 Å². The Morgan fingerprint density at radius 1 is 1.09 bits per heavy atom. The monoisotopic (exact) mass is 308 g/mol. The van der Waals surface area contributed by atoms with Gasteiger partial charge in [-0.05, 0) is 49.2 Å². The van der Waals surface area contributed by atoms with Gasteiger partial charge in [0.1, 0.15) is 0 Å². The van der Waals surface area contributed by atoms with Gasteiger partial charge in [0.2, 0.25) is 0 Å². The Morgan fingerprint density at radius 2 is 1.70 bits per heavy atom. The van der Waals surface area contributed by atoms with Gasteiger partial charge in [-0.15, -0.1) is 0 Å². The average Bonchev–Trinajstić information content (AvgIpc) is 2.58. The summed E-state index contributed by atoms with van der Waals surface area (Å²) < 4.78 is 5.55. The molecule has 0 aliphatic heterocycles. The van der Waals surface area contributed by atoms with Gasteiger partial charge in [0.25, 0.3) is 5.91 Å². The fourth-order valence-electron chi connectivity index (χ4n) is 2.00. The topological polar surface area (TPSA) is 62.1 Å². The molecule has 0 fully saturated rings. The van der Waals surface area contributed by atoms with Crippen molar-refractivity contribution in [3.05, 3.63) is 70.8 Å². The maximum atomic E-state index is 12.0. The van der Waals surface area contributed by atoms with Gasteiger partial charge in [-0.3, -0.25) is 4.79 Å². The third-order valence-electron chi connectivity index (χ3n) is 3.34. The molecule has 118 valence electrons. The fraction of sp³-hybridized carbons (Fsp3) is 0.263. The summed E-state index contributed by atoms with van der Waals surface area (Å²) in [4.78, 5) is 12.0. The number of hydrogen-bond donors (Lipinski definition) is 1. The van der Waals surface area contributed by atoms with Crippen LogP contribution in [-0.4, -0.2) is 12.0 Å². The highest BCUT2D eigenvalue weighted by molar-refractivity contribution is 5.94. The van der Waals surface area contributed by atoms with Crippen molar-refractivity contribution in [3.8, 4) is 6.07 Å². The Hall–Kier alpha value is -2.64. The van der Waals surface area contributed by atoms with E-state index in [1.807, 2.05) is 44.2 Å². The summed E-state index contributed by atoms with van der Waals surface area (Å²) in [7, 11) is 0. The van der Waals surface area contributed by atoms with Crippen LogP contribution < -0.4 is 5.32 Å². The van der Waals surface area contributed by atoms with E-state index < -0.39 is 0 Å². The molecule has 0 saturated heterocycles. The van der Waals surface area contributed by atoms with Crippen molar-refractivity contribution < 1.29 is 9.53 Å². The molecule has 1 amide bonds. The molecule has 1 N–H and O–H groups in total. The fourth-order valence-corrected chi connectivity index (χ4v) is 2.00. The number of benzene rings is 2. The zero-order valence-electron chi connectivity index (χ0n) is 13.4. The molecule has 2 aromatic carbocycles. The first-order chi connectivity index (χ1) is 11.1. The summed E-state index contributed by atoms with van der Waals surface area (Å²) in [5.74, 6) is -0.151. The highest BCUT2D eigenvalue weighted by Crippen LogP contribution is 2.08. The van der Waals surface area contributed by atoms with Crippen LogP contribution in [0.2, 0.25) is 0 Å². The summed E-state index contributed by atoms with van der Waals surface area (Å²) in [6.45, 7) is 5.07. The molecule has 0 unspecified atom stereocenters. The van der Waals surface area contributed by atoms with Gasteiger partial charge < -0.3 is 10.1 Å². The third-order valence-corrected chi connectivity index (χ3v) is 3.34. The molecule has 2 rings (SSSR count). The molecule has 0 radical (unpaired) electrons. The van der Waals surface area contributed by atoms with E-state index in [1.54, 1.807) is 24.3 Å². The van der Waals surface area contributed by atoms with Crippen molar-refractivity contribution >= 4 is 5.91 Å². The van der Waals surface area contributed by atoms with E-state index in [2.05, 4.69) is 5.32 Å². The minimum absolute atomic E-state index is 0.151. The summed E-state index contributed by atoms with van der Waals surface area (Å²) in [6, 6.07) is 16.6. The highest BCUT2D eigenvalue weighted by atomic mass is 16.5. The van der Waals surface area contributed by atoms with Gasteiger partial charge in [0, 0.05) is 12.1 Å². The normalized spacial score (nSPS) is 10.3. The van der Waals surface area contributed by atoms with Gasteiger partial charge in [0.05, 0.1) is 24.3 Å². The third kappa shape index (κ3) is 5.24. The minimum atomic E-state index is -0.151. The zero-order chi connectivity index (χ0) is 16.7. The Kier molecular flexibility index (Phi) is 5.90. The molecular weight excluding hydrogens is 288 g/mol. The van der Waals surface area contributed by atoms with Crippen LogP contribution in [0.25, 0.3) is 0 Å². The predicted molar refractivity (Wildman–Crippen MR) is 88.7 cm³/mol. The molecule has 0 bridgehead atoms. The summed E-state index contributed by atoms with van der Waals surface area (Å²) in [6.07, 6.45) is 0.210. The van der Waals surface area contributed by atoms with Gasteiger partial charge in [-0.25, -0.2) is 0 Å². The number of amides is 1. The quantitative estimate of drug-likeness (QED) is 0.889. The second-order valence-corrected chi connectivity index (χ2v) is 5.55. The first kappa shape index (κ1) is 16.7. The Labute approximate surface area is 136 Å². The van der Waals surface area contributed by atoms with Gasteiger partial charge in [-0.2, -0.15) is 5.26 Å². The van der Waals surface area contributed by atoms with Crippen molar-refractivity contribution in [3.63, 3.8) is 0 Å². The molecule has 0 saturated carbocycles. The largest absolute Gasteiger partial charge is 0.374 e. The number of nitrogens with zero attached hydrogens (tertiary/aromatic N) is 1. The maximum Gasteiger partial charge on any atom is 0.251 e. The highest BCUT2D eigenvalue weighted by Gasteiger charge is 2.05. The lowest BCUT2D eigenvalue weighted by Crippen LogP contribution is -2.22. The van der Waals surface area contributed by atoms with E-state index in [9.17, 15) is 4.79 Å². The van der Waals surface area contributed by atoms with Crippen LogP contribution in [0.3, 0.4) is 0 Å². The molecule has 0 heterocycles. The van der Waals surface area contributed by atoms with Crippen LogP contribution in [0, 0.1) is 11.3 Å². The second kappa shape index (κ2) is 8.11. The van der Waals surface area contributed by atoms with Gasteiger partial charge in [-0.1, -0.05) is 24.3 Å². The van der Waals surface area contributed by atoms with Crippen molar-refractivity contribution in [1.29, 1.82) is 5.26 Å². The zero-order valence-corrected chi connectivity index (χ0v) is 13.4. The Balaban J connectivity index is 1.87. The molecule has 0 atom stereocenters. The van der Waals surface area contributed by atoms with Crippen molar-refractivity contribution in [2.45, 2.75) is 33.1 Å². The van der Waals surface area contributed by atoms with Crippen molar-refractivity contribution in [2.24, 2.45) is 0 Å². The molecule has 0 spiro atoms. The molecule has 0 aliphatic rings. The van der Waals surface area contributed by atoms with E-state index in [1.165, 1.54) is 0 Å². The smallest absolute Gasteiger partial charge is 0.251 e. The molecule has 0 aromatic heterocycles. The Bertz CT molecular complexity index is 683. The number of ether oxygens (including phenoxy) is 1. The van der Waals surface area contributed by atoms with Crippen LogP contribution in [0.15, 0.2) is 48.5 Å². The minimum Gasteiger partial charge on any atom is -0.374 e. The van der Waals surface area contributed by atoms with Crippen LogP contribution in [0.5, 0.6) is 0 Å². The number of nitriles is 1. The average molecular weight is 308 g/mol. The Morgan fingerprint density at radius 3 is 2.26 bits per heavy atom. The van der Waals surface area contributed by atoms with Crippen LogP contribution >= 0.6 is 0 Å². The first-order valence-electron chi connectivity index (χ1n) is 7.56. The van der Waals surface area contributed by atoms with Crippen molar-refractivity contribution in [1.82, 2.24) is 5.32 Å². The summed E-state index contributed by atoms with van der Waals surface area (Å²) >= 11 is 0. The number of carbonyl (C=O) groups is 1. The van der Waals surface area contributed by atoms with Gasteiger partial charge in [0.15, 0.2) is 0 Å². The predicted octanol–water partition coefficient (Wildman–Crippen LogP) is 3.41. The SMILES string of the molecule is CC(C)OCc1ccc(CNC(=O)c2ccc(C#N)cc2)cc1. The van der Waals surface area contributed by atoms with Crippen LogP contribution in [0.4, 0.5) is 0 Å². The second-order valence-electron chi connectivity index (χ2n) is 5.55. The van der Waals surface area contributed by atoms with E-state index >= 15 is 0 Å². The number of carbonyl (C=O) groups excluding carboxylic acids is 1. The van der Waals surface area contributed by atoms with Gasteiger partial charge >= 0.3 is 0 Å². The van der Waals surface area contributed by atoms with E-state index in [4.69, 9.17) is 10.00 Å². The van der Waals surface area contributed by atoms with E-state index in [-0.39, 0.29) is 12.0 Å². The number of rotatable bonds is 6. The lowest BCUT2D eigenvalue weighted by atomic mass is 10.1. The molecule has 2 aromatic rings. The summed E-state index contributed by atoms with van der Waals surface area (Å²) in [5, 5.41) is 11.6. The molecular formula is C19H20N2O2. The first-order valence-corrected chi connectivity index (χ1v) is 7.56. The molecule has 23 heavy (non-hydrogen) atoms. The van der Waals surface area contributed by atoms with E-state index in [0.717, 1.165) is 11.1 Å². The van der Waals surface area contributed by atoms with E-state index in [0.29, 0.717) is 24.3 Å². The molecule has 4 nitrogen and oxygen atoms in total. The molecule has 4 heteroatoms. The number of nitrogens with one attached hydrogen (secondary N) is 1.